The van der Waals surface area contributed by atoms with Gasteiger partial charge >= 0.3 is 0 Å². The van der Waals surface area contributed by atoms with E-state index in [1.54, 1.807) is 0 Å². The molecular formula is C14H16N2O2. The Morgan fingerprint density at radius 3 is 2.56 bits per heavy atom. The molecule has 1 aromatic heterocycles. The molecule has 0 spiro atoms. The van der Waals surface area contributed by atoms with Crippen LogP contribution < -0.4 is 4.74 Å². The highest BCUT2D eigenvalue weighted by Crippen LogP contribution is 2.30. The summed E-state index contributed by atoms with van der Waals surface area (Å²) in [6.07, 6.45) is 2.34. The van der Waals surface area contributed by atoms with Crippen LogP contribution in [0.4, 0.5) is 0 Å². The van der Waals surface area contributed by atoms with Gasteiger partial charge in [-0.25, -0.2) is 0 Å². The van der Waals surface area contributed by atoms with Crippen molar-refractivity contribution in [3.8, 4) is 17.0 Å². The fourth-order valence-corrected chi connectivity index (χ4v) is 2.08. The molecule has 2 rings (SSSR count). The van der Waals surface area contributed by atoms with Crippen molar-refractivity contribution in [1.29, 1.82) is 0 Å². The lowest BCUT2D eigenvalue weighted by Gasteiger charge is -2.12. The maximum absolute atomic E-state index is 10.9. The van der Waals surface area contributed by atoms with Crippen molar-refractivity contribution < 1.29 is 9.53 Å². The number of nitrogens with zero attached hydrogens (tertiary/aromatic N) is 1. The first-order valence-corrected chi connectivity index (χ1v) is 5.90. The van der Waals surface area contributed by atoms with Crippen LogP contribution in [0.25, 0.3) is 11.3 Å². The van der Waals surface area contributed by atoms with Gasteiger partial charge in [0, 0.05) is 5.56 Å². The number of aromatic nitrogens is 2. The largest absolute Gasteiger partial charge is 0.493 e. The van der Waals surface area contributed by atoms with Gasteiger partial charge in [-0.1, -0.05) is 0 Å². The van der Waals surface area contributed by atoms with Crippen molar-refractivity contribution >= 4 is 6.29 Å². The molecule has 4 heteroatoms. The Morgan fingerprint density at radius 1 is 1.33 bits per heavy atom. The lowest BCUT2D eigenvalue weighted by molar-refractivity contribution is 0.112. The summed E-state index contributed by atoms with van der Waals surface area (Å²) in [5, 5.41) is 6.76. The van der Waals surface area contributed by atoms with Gasteiger partial charge in [0.25, 0.3) is 0 Å². The molecule has 0 radical (unpaired) electrons. The second-order valence-corrected chi connectivity index (χ2v) is 4.19. The minimum Gasteiger partial charge on any atom is -0.493 e. The smallest absolute Gasteiger partial charge is 0.153 e. The number of nitrogens with one attached hydrogen (secondary N) is 1. The van der Waals surface area contributed by atoms with Gasteiger partial charge in [-0.3, -0.25) is 9.89 Å². The van der Waals surface area contributed by atoms with Gasteiger partial charge in [0.15, 0.2) is 6.29 Å². The number of aryl methyl sites for hydroxylation is 2. The molecule has 0 fully saturated rings. The quantitative estimate of drug-likeness (QED) is 0.841. The van der Waals surface area contributed by atoms with Crippen LogP contribution in [0.1, 0.15) is 28.4 Å². The minimum absolute atomic E-state index is 0.568. The average Bonchev–Trinajstić information content (AvgIpc) is 2.81. The summed E-state index contributed by atoms with van der Waals surface area (Å²) in [7, 11) is 0. The second kappa shape index (κ2) is 5.04. The Bertz CT molecular complexity index is 550. The maximum Gasteiger partial charge on any atom is 0.153 e. The Labute approximate surface area is 106 Å². The standard InChI is InChI=1S/C14H16N2O2/c1-4-18-14-9(2)5-11(6-10(14)3)13-12(8-17)7-15-16-13/h5-8H,4H2,1-3H3,(H,15,16). The molecule has 0 amide bonds. The van der Waals surface area contributed by atoms with E-state index in [1.807, 2.05) is 32.9 Å². The summed E-state index contributed by atoms with van der Waals surface area (Å²) >= 11 is 0. The predicted molar refractivity (Wildman–Crippen MR) is 70.1 cm³/mol. The summed E-state index contributed by atoms with van der Waals surface area (Å²) in [6, 6.07) is 4.00. The zero-order chi connectivity index (χ0) is 13.1. The Kier molecular flexibility index (Phi) is 3.46. The third-order valence-corrected chi connectivity index (χ3v) is 2.83. The Balaban J connectivity index is 2.51. The van der Waals surface area contributed by atoms with Crippen LogP contribution in [0.3, 0.4) is 0 Å². The van der Waals surface area contributed by atoms with E-state index in [0.717, 1.165) is 34.4 Å². The Hall–Kier alpha value is -2.10. The van der Waals surface area contributed by atoms with Gasteiger partial charge in [0.05, 0.1) is 24.1 Å². The van der Waals surface area contributed by atoms with Crippen molar-refractivity contribution in [2.75, 3.05) is 6.61 Å². The number of aromatic amines is 1. The molecule has 0 saturated carbocycles. The second-order valence-electron chi connectivity index (χ2n) is 4.19. The molecule has 0 saturated heterocycles. The highest BCUT2D eigenvalue weighted by Gasteiger charge is 2.11. The van der Waals surface area contributed by atoms with Crippen LogP contribution in [0.2, 0.25) is 0 Å². The summed E-state index contributed by atoms with van der Waals surface area (Å²) < 4.78 is 5.60. The van der Waals surface area contributed by atoms with Crippen molar-refractivity contribution in [2.45, 2.75) is 20.8 Å². The highest BCUT2D eigenvalue weighted by molar-refractivity contribution is 5.85. The van der Waals surface area contributed by atoms with Crippen molar-refractivity contribution in [2.24, 2.45) is 0 Å². The first kappa shape index (κ1) is 12.4. The van der Waals surface area contributed by atoms with Crippen LogP contribution in [0, 0.1) is 13.8 Å². The van der Waals surface area contributed by atoms with E-state index in [-0.39, 0.29) is 0 Å². The summed E-state index contributed by atoms with van der Waals surface area (Å²) in [5.41, 5.74) is 4.38. The number of H-pyrrole nitrogens is 1. The van der Waals surface area contributed by atoms with Crippen molar-refractivity contribution in [1.82, 2.24) is 10.2 Å². The molecule has 1 heterocycles. The third-order valence-electron chi connectivity index (χ3n) is 2.83. The molecule has 2 aromatic rings. The van der Waals surface area contributed by atoms with E-state index in [0.29, 0.717) is 12.2 Å². The van der Waals surface area contributed by atoms with Gasteiger partial charge in [-0.05, 0) is 44.0 Å². The van der Waals surface area contributed by atoms with Crippen LogP contribution in [0.15, 0.2) is 18.3 Å². The molecule has 1 aromatic carbocycles. The zero-order valence-electron chi connectivity index (χ0n) is 10.8. The molecule has 1 N–H and O–H groups in total. The molecular weight excluding hydrogens is 228 g/mol. The van der Waals surface area contributed by atoms with E-state index in [9.17, 15) is 4.79 Å². The number of carbonyl (C=O) groups excluding carboxylic acids is 1. The van der Waals surface area contributed by atoms with E-state index in [1.165, 1.54) is 6.20 Å². The van der Waals surface area contributed by atoms with Crippen LogP contribution >= 0.6 is 0 Å². The van der Waals surface area contributed by atoms with E-state index >= 15 is 0 Å². The number of ether oxygens (including phenoxy) is 1. The van der Waals surface area contributed by atoms with Gasteiger partial charge in [-0.15, -0.1) is 0 Å². The van der Waals surface area contributed by atoms with E-state index in [4.69, 9.17) is 4.74 Å². The predicted octanol–water partition coefficient (Wildman–Crippen LogP) is 2.90. The van der Waals surface area contributed by atoms with Gasteiger partial charge < -0.3 is 4.74 Å². The van der Waals surface area contributed by atoms with Gasteiger partial charge in [0.2, 0.25) is 0 Å². The third kappa shape index (κ3) is 2.14. The monoisotopic (exact) mass is 244 g/mol. The fourth-order valence-electron chi connectivity index (χ4n) is 2.08. The fraction of sp³-hybridized carbons (Fsp3) is 0.286. The lowest BCUT2D eigenvalue weighted by Crippen LogP contribution is -1.97. The summed E-state index contributed by atoms with van der Waals surface area (Å²) in [5.74, 6) is 0.911. The maximum atomic E-state index is 10.9. The van der Waals surface area contributed by atoms with Crippen LogP contribution in [0.5, 0.6) is 5.75 Å². The number of hydrogen-bond donors (Lipinski definition) is 1. The average molecular weight is 244 g/mol. The molecule has 4 nitrogen and oxygen atoms in total. The number of benzene rings is 1. The van der Waals surface area contributed by atoms with Crippen LogP contribution in [-0.2, 0) is 0 Å². The lowest BCUT2D eigenvalue weighted by atomic mass is 10.0. The first-order valence-electron chi connectivity index (χ1n) is 5.90. The first-order chi connectivity index (χ1) is 8.67. The molecule has 0 aliphatic rings. The number of rotatable bonds is 4. The molecule has 94 valence electrons. The van der Waals surface area contributed by atoms with Crippen LogP contribution in [-0.4, -0.2) is 23.1 Å². The molecule has 0 aliphatic heterocycles. The zero-order valence-corrected chi connectivity index (χ0v) is 10.8. The number of aldehydes is 1. The number of hydrogen-bond acceptors (Lipinski definition) is 3. The Morgan fingerprint density at radius 2 is 2.00 bits per heavy atom. The molecule has 0 aliphatic carbocycles. The SMILES string of the molecule is CCOc1c(C)cc(-c2[nH]ncc2C=O)cc1C. The molecule has 0 bridgehead atoms. The highest BCUT2D eigenvalue weighted by atomic mass is 16.5. The molecule has 0 unspecified atom stereocenters. The van der Waals surface area contributed by atoms with Gasteiger partial charge in [-0.2, -0.15) is 5.10 Å². The summed E-state index contributed by atoms with van der Waals surface area (Å²) in [6.45, 7) is 6.60. The van der Waals surface area contributed by atoms with Crippen molar-refractivity contribution in [3.63, 3.8) is 0 Å². The van der Waals surface area contributed by atoms with E-state index in [2.05, 4.69) is 10.2 Å². The molecule has 0 atom stereocenters. The summed E-state index contributed by atoms with van der Waals surface area (Å²) in [4.78, 5) is 10.9. The topological polar surface area (TPSA) is 55.0 Å². The van der Waals surface area contributed by atoms with E-state index < -0.39 is 0 Å². The van der Waals surface area contributed by atoms with Gasteiger partial charge in [0.1, 0.15) is 5.75 Å². The van der Waals surface area contributed by atoms with Crippen molar-refractivity contribution in [3.05, 3.63) is 35.0 Å². The number of carbonyl (C=O) groups is 1. The molecule has 18 heavy (non-hydrogen) atoms. The normalized spacial score (nSPS) is 10.4. The minimum atomic E-state index is 0.568.